The number of hydrogen-bond donors (Lipinski definition) is 2. The molecule has 0 aliphatic heterocycles. The quantitative estimate of drug-likeness (QED) is 0.722. The number of ether oxygens (including phenoxy) is 1. The highest BCUT2D eigenvalue weighted by Crippen LogP contribution is 2.27. The molecule has 0 amide bonds. The number of carbonyl (C=O) groups excluding carboxylic acids is 1. The summed E-state index contributed by atoms with van der Waals surface area (Å²) < 4.78 is 20.7. The van der Waals surface area contributed by atoms with E-state index in [0.29, 0.717) is 34.3 Å². The van der Waals surface area contributed by atoms with Gasteiger partial charge in [0.05, 0.1) is 11.5 Å². The Morgan fingerprint density at radius 2 is 2.19 bits per heavy atom. The number of H-pyrrole nitrogens is 1. The van der Waals surface area contributed by atoms with Crippen LogP contribution in [0.15, 0.2) is 58.0 Å². The summed E-state index contributed by atoms with van der Waals surface area (Å²) >= 11 is 6.19. The molecule has 1 aliphatic rings. The lowest BCUT2D eigenvalue weighted by Crippen LogP contribution is -2.08. The number of allylic oxidation sites excluding steroid dienone is 5. The Labute approximate surface area is 159 Å². The first-order valence-electron chi connectivity index (χ1n) is 8.21. The third-order valence-corrected chi connectivity index (χ3v) is 5.66. The Kier molecular flexibility index (Phi) is 5.64. The fourth-order valence-corrected chi connectivity index (χ4v) is 3.97. The van der Waals surface area contributed by atoms with Gasteiger partial charge in [-0.25, -0.2) is 9.00 Å². The first kappa shape index (κ1) is 18.5. The van der Waals surface area contributed by atoms with Crippen molar-refractivity contribution in [1.29, 1.82) is 0 Å². The largest absolute Gasteiger partial charge is 0.461 e. The molecule has 3 rings (SSSR count). The van der Waals surface area contributed by atoms with Crippen LogP contribution in [-0.4, -0.2) is 21.8 Å². The first-order valence-corrected chi connectivity index (χ1v) is 9.74. The number of aromatic nitrogens is 1. The van der Waals surface area contributed by atoms with Crippen LogP contribution in [0.3, 0.4) is 0 Å². The zero-order valence-corrected chi connectivity index (χ0v) is 16.0. The summed E-state index contributed by atoms with van der Waals surface area (Å²) in [4.78, 5) is 15.5. The van der Waals surface area contributed by atoms with Gasteiger partial charge in [-0.15, -0.1) is 0 Å². The molecule has 26 heavy (non-hydrogen) atoms. The van der Waals surface area contributed by atoms with Crippen LogP contribution in [-0.2, 0) is 15.7 Å². The SMILES string of the molecule is CCOC(=O)c1cc2cc(NS(=O)C3=CCC=CC(Cl)=C3C)ccc2[nH]1. The zero-order valence-electron chi connectivity index (χ0n) is 14.5. The second-order valence-electron chi connectivity index (χ2n) is 5.76. The number of esters is 1. The van der Waals surface area contributed by atoms with E-state index in [4.69, 9.17) is 16.3 Å². The van der Waals surface area contributed by atoms with Gasteiger partial charge in [-0.05, 0) is 56.2 Å². The van der Waals surface area contributed by atoms with Crippen LogP contribution in [0.25, 0.3) is 10.9 Å². The van der Waals surface area contributed by atoms with E-state index in [0.717, 1.165) is 16.5 Å². The Balaban J connectivity index is 1.83. The number of anilines is 1. The van der Waals surface area contributed by atoms with Crippen LogP contribution in [0.1, 0.15) is 30.8 Å². The summed E-state index contributed by atoms with van der Waals surface area (Å²) in [5, 5.41) is 1.42. The van der Waals surface area contributed by atoms with Gasteiger partial charge in [0, 0.05) is 21.6 Å². The van der Waals surface area contributed by atoms with E-state index in [-0.39, 0.29) is 0 Å². The maximum atomic E-state index is 12.7. The van der Waals surface area contributed by atoms with E-state index in [9.17, 15) is 9.00 Å². The molecule has 1 atom stereocenters. The molecule has 1 aliphatic carbocycles. The number of nitrogens with one attached hydrogen (secondary N) is 2. The summed E-state index contributed by atoms with van der Waals surface area (Å²) in [6.07, 6.45) is 6.33. The fraction of sp³-hybridized carbons (Fsp3) is 0.211. The van der Waals surface area contributed by atoms with Crippen LogP contribution in [0.2, 0.25) is 0 Å². The van der Waals surface area contributed by atoms with Crippen molar-refractivity contribution >= 4 is 45.1 Å². The normalized spacial score (nSPS) is 15.6. The third kappa shape index (κ3) is 3.92. The van der Waals surface area contributed by atoms with Crippen molar-refractivity contribution in [3.63, 3.8) is 0 Å². The molecule has 0 bridgehead atoms. The molecule has 1 unspecified atom stereocenters. The molecule has 5 nitrogen and oxygen atoms in total. The lowest BCUT2D eigenvalue weighted by molar-refractivity contribution is 0.0520. The molecule has 0 saturated carbocycles. The van der Waals surface area contributed by atoms with E-state index in [1.54, 1.807) is 13.0 Å². The molecule has 1 aromatic carbocycles. The predicted octanol–water partition coefficient (Wildman–Crippen LogP) is 4.78. The molecule has 2 N–H and O–H groups in total. The minimum atomic E-state index is -1.44. The van der Waals surface area contributed by atoms with E-state index in [1.807, 2.05) is 43.4 Å². The molecule has 7 heteroatoms. The standard InChI is InChI=1S/C19H19ClN2O3S/c1-3-25-19(23)17-11-13-10-14(8-9-16(13)21-17)22-26(24)18-7-5-4-6-15(20)12(18)2/h4,6-11,21-22H,3,5H2,1-2H3. The van der Waals surface area contributed by atoms with Crippen LogP contribution in [0.4, 0.5) is 5.69 Å². The third-order valence-electron chi connectivity index (χ3n) is 3.96. The maximum absolute atomic E-state index is 12.7. The molecule has 0 fully saturated rings. The zero-order chi connectivity index (χ0) is 18.7. The molecule has 1 heterocycles. The topological polar surface area (TPSA) is 71.2 Å². The minimum Gasteiger partial charge on any atom is -0.461 e. The summed E-state index contributed by atoms with van der Waals surface area (Å²) in [6, 6.07) is 7.19. The van der Waals surface area contributed by atoms with Gasteiger partial charge in [-0.1, -0.05) is 23.8 Å². The van der Waals surface area contributed by atoms with Crippen molar-refractivity contribution in [3.05, 3.63) is 63.7 Å². The highest BCUT2D eigenvalue weighted by molar-refractivity contribution is 7.90. The number of aromatic amines is 1. The lowest BCUT2D eigenvalue weighted by atomic mass is 10.2. The number of carbonyl (C=O) groups is 1. The van der Waals surface area contributed by atoms with Crippen molar-refractivity contribution in [1.82, 2.24) is 4.98 Å². The summed E-state index contributed by atoms with van der Waals surface area (Å²) in [5.41, 5.74) is 2.68. The highest BCUT2D eigenvalue weighted by Gasteiger charge is 2.15. The molecular formula is C19H19ClN2O3S. The molecule has 0 spiro atoms. The lowest BCUT2D eigenvalue weighted by Gasteiger charge is -2.10. The molecule has 0 radical (unpaired) electrons. The second kappa shape index (κ2) is 7.93. The van der Waals surface area contributed by atoms with E-state index < -0.39 is 17.0 Å². The summed E-state index contributed by atoms with van der Waals surface area (Å²) in [6.45, 7) is 3.93. The van der Waals surface area contributed by atoms with E-state index in [2.05, 4.69) is 9.71 Å². The number of halogens is 1. The molecule has 136 valence electrons. The fourth-order valence-electron chi connectivity index (χ4n) is 2.63. The number of rotatable bonds is 5. The summed E-state index contributed by atoms with van der Waals surface area (Å²) in [5.74, 6) is -0.395. The van der Waals surface area contributed by atoms with Crippen molar-refractivity contribution < 1.29 is 13.7 Å². The van der Waals surface area contributed by atoms with Crippen molar-refractivity contribution in [2.45, 2.75) is 20.3 Å². The molecule has 0 saturated heterocycles. The van der Waals surface area contributed by atoms with Gasteiger partial charge >= 0.3 is 5.97 Å². The molecule has 1 aromatic heterocycles. The molecule has 2 aromatic rings. The predicted molar refractivity (Wildman–Crippen MR) is 106 cm³/mol. The Morgan fingerprint density at radius 1 is 1.38 bits per heavy atom. The van der Waals surface area contributed by atoms with Gasteiger partial charge in [-0.3, -0.25) is 0 Å². The van der Waals surface area contributed by atoms with Crippen molar-refractivity contribution in [2.24, 2.45) is 0 Å². The molecular weight excluding hydrogens is 372 g/mol. The van der Waals surface area contributed by atoms with E-state index in [1.165, 1.54) is 0 Å². The van der Waals surface area contributed by atoms with Crippen LogP contribution < -0.4 is 4.72 Å². The number of benzene rings is 1. The smallest absolute Gasteiger partial charge is 0.354 e. The van der Waals surface area contributed by atoms with Crippen molar-refractivity contribution in [2.75, 3.05) is 11.3 Å². The second-order valence-corrected chi connectivity index (χ2v) is 7.34. The van der Waals surface area contributed by atoms with Gasteiger partial charge in [0.15, 0.2) is 0 Å². The maximum Gasteiger partial charge on any atom is 0.354 e. The van der Waals surface area contributed by atoms with Crippen LogP contribution in [0.5, 0.6) is 0 Å². The van der Waals surface area contributed by atoms with Gasteiger partial charge in [0.1, 0.15) is 16.7 Å². The average molecular weight is 391 g/mol. The number of fused-ring (bicyclic) bond motifs is 1. The minimum absolute atomic E-state index is 0.319. The Morgan fingerprint density at radius 3 is 2.96 bits per heavy atom. The van der Waals surface area contributed by atoms with Gasteiger partial charge < -0.3 is 14.4 Å². The van der Waals surface area contributed by atoms with Gasteiger partial charge in [0.25, 0.3) is 0 Å². The van der Waals surface area contributed by atoms with Gasteiger partial charge in [-0.2, -0.15) is 0 Å². The number of hydrogen-bond acceptors (Lipinski definition) is 3. The Bertz CT molecular complexity index is 972. The Hall–Kier alpha value is -2.31. The first-order chi connectivity index (χ1) is 12.5. The average Bonchev–Trinajstić information content (AvgIpc) is 2.96. The van der Waals surface area contributed by atoms with Crippen molar-refractivity contribution in [3.8, 4) is 0 Å². The monoisotopic (exact) mass is 390 g/mol. The highest BCUT2D eigenvalue weighted by atomic mass is 35.5. The summed E-state index contributed by atoms with van der Waals surface area (Å²) in [7, 11) is -1.44. The van der Waals surface area contributed by atoms with E-state index >= 15 is 0 Å². The van der Waals surface area contributed by atoms with Crippen LogP contribution in [0, 0.1) is 0 Å². The van der Waals surface area contributed by atoms with Crippen LogP contribution >= 0.6 is 11.6 Å². The van der Waals surface area contributed by atoms with Gasteiger partial charge in [0.2, 0.25) is 0 Å².